The van der Waals surface area contributed by atoms with Gasteiger partial charge in [0.25, 0.3) is 0 Å². The van der Waals surface area contributed by atoms with Crippen molar-refractivity contribution < 1.29 is 14.3 Å². The van der Waals surface area contributed by atoms with Gasteiger partial charge in [0.2, 0.25) is 11.8 Å². The van der Waals surface area contributed by atoms with Crippen LogP contribution in [0, 0.1) is 5.92 Å². The number of amides is 2. The second kappa shape index (κ2) is 7.12. The summed E-state index contributed by atoms with van der Waals surface area (Å²) in [5, 5.41) is 7.34. The third-order valence-corrected chi connectivity index (χ3v) is 4.68. The molecule has 3 heterocycles. The van der Waals surface area contributed by atoms with Crippen LogP contribution in [0.15, 0.2) is 12.3 Å². The van der Waals surface area contributed by atoms with Crippen LogP contribution in [0.25, 0.3) is 0 Å². The summed E-state index contributed by atoms with van der Waals surface area (Å²) >= 11 is 0. The van der Waals surface area contributed by atoms with E-state index in [9.17, 15) is 9.59 Å². The highest BCUT2D eigenvalue weighted by Crippen LogP contribution is 2.23. The van der Waals surface area contributed by atoms with Crippen molar-refractivity contribution in [3.8, 4) is 0 Å². The van der Waals surface area contributed by atoms with Crippen molar-refractivity contribution in [3.05, 3.63) is 18.0 Å². The molecule has 126 valence electrons. The van der Waals surface area contributed by atoms with Gasteiger partial charge in [0.05, 0.1) is 24.7 Å². The summed E-state index contributed by atoms with van der Waals surface area (Å²) in [5.41, 5.74) is 0.980. The van der Waals surface area contributed by atoms with E-state index in [1.165, 1.54) is 0 Å². The number of ether oxygens (including phenoxy) is 1. The molecule has 0 unspecified atom stereocenters. The maximum atomic E-state index is 12.3. The zero-order valence-electron chi connectivity index (χ0n) is 13.5. The third kappa shape index (κ3) is 3.90. The molecule has 0 aromatic carbocycles. The van der Waals surface area contributed by atoms with Crippen LogP contribution in [-0.4, -0.2) is 52.8 Å². The van der Waals surface area contributed by atoms with E-state index >= 15 is 0 Å². The first-order chi connectivity index (χ1) is 11.1. The normalized spacial score (nSPS) is 21.8. The van der Waals surface area contributed by atoms with Gasteiger partial charge in [-0.15, -0.1) is 0 Å². The minimum Gasteiger partial charge on any atom is -0.381 e. The fourth-order valence-corrected chi connectivity index (χ4v) is 3.27. The molecule has 0 radical (unpaired) electrons. The minimum atomic E-state index is -0.0904. The van der Waals surface area contributed by atoms with Crippen molar-refractivity contribution in [2.45, 2.75) is 38.8 Å². The molecule has 0 spiro atoms. The molecule has 3 rings (SSSR count). The fourth-order valence-electron chi connectivity index (χ4n) is 3.27. The Morgan fingerprint density at radius 3 is 2.91 bits per heavy atom. The van der Waals surface area contributed by atoms with Gasteiger partial charge in [-0.3, -0.25) is 14.3 Å². The zero-order chi connectivity index (χ0) is 16.2. The average Bonchev–Trinajstić information content (AvgIpc) is 3.02. The quantitative estimate of drug-likeness (QED) is 0.887. The maximum Gasteiger partial charge on any atom is 0.222 e. The van der Waals surface area contributed by atoms with Gasteiger partial charge < -0.3 is 15.0 Å². The highest BCUT2D eigenvalue weighted by molar-refractivity contribution is 5.77. The number of rotatable bonds is 4. The van der Waals surface area contributed by atoms with Gasteiger partial charge in [0.15, 0.2) is 0 Å². The fraction of sp³-hybridized carbons (Fsp3) is 0.688. The van der Waals surface area contributed by atoms with E-state index < -0.39 is 0 Å². The molecule has 23 heavy (non-hydrogen) atoms. The van der Waals surface area contributed by atoms with Gasteiger partial charge in [-0.2, -0.15) is 5.10 Å². The van der Waals surface area contributed by atoms with E-state index in [2.05, 4.69) is 10.4 Å². The van der Waals surface area contributed by atoms with Crippen LogP contribution >= 0.6 is 0 Å². The van der Waals surface area contributed by atoms with Crippen LogP contribution in [0.5, 0.6) is 0 Å². The van der Waals surface area contributed by atoms with Crippen molar-refractivity contribution in [1.29, 1.82) is 0 Å². The molecule has 1 aromatic heterocycles. The number of nitrogens with zero attached hydrogens (tertiary/aromatic N) is 3. The molecule has 0 aliphatic carbocycles. The van der Waals surface area contributed by atoms with Gasteiger partial charge in [0.1, 0.15) is 0 Å². The van der Waals surface area contributed by atoms with Gasteiger partial charge in [-0.1, -0.05) is 0 Å². The lowest BCUT2D eigenvalue weighted by Gasteiger charge is -2.33. The predicted molar refractivity (Wildman–Crippen MR) is 83.5 cm³/mol. The van der Waals surface area contributed by atoms with Crippen molar-refractivity contribution in [1.82, 2.24) is 20.0 Å². The van der Waals surface area contributed by atoms with Crippen LogP contribution in [-0.2, 0) is 20.9 Å². The Morgan fingerprint density at radius 1 is 1.39 bits per heavy atom. The van der Waals surface area contributed by atoms with E-state index in [1.807, 2.05) is 10.7 Å². The second-order valence-electron chi connectivity index (χ2n) is 6.38. The molecule has 1 aromatic rings. The van der Waals surface area contributed by atoms with Crippen LogP contribution < -0.4 is 5.32 Å². The van der Waals surface area contributed by atoms with Crippen LogP contribution in [0.4, 0.5) is 0 Å². The molecule has 7 heteroatoms. The number of carbonyl (C=O) groups excluding carboxylic acids is 2. The highest BCUT2D eigenvalue weighted by atomic mass is 16.5. The van der Waals surface area contributed by atoms with Crippen LogP contribution in [0.3, 0.4) is 0 Å². The minimum absolute atomic E-state index is 0.0216. The zero-order valence-corrected chi connectivity index (χ0v) is 13.5. The lowest BCUT2D eigenvalue weighted by Crippen LogP contribution is -2.42. The Hall–Kier alpha value is -1.89. The van der Waals surface area contributed by atoms with Crippen molar-refractivity contribution >= 4 is 11.8 Å². The number of hydrogen-bond acceptors (Lipinski definition) is 4. The Balaban J connectivity index is 1.56. The Labute approximate surface area is 136 Å². The van der Waals surface area contributed by atoms with Gasteiger partial charge in [-0.25, -0.2) is 0 Å². The summed E-state index contributed by atoms with van der Waals surface area (Å²) in [6.45, 7) is 4.94. The molecule has 2 amide bonds. The topological polar surface area (TPSA) is 76.5 Å². The second-order valence-corrected chi connectivity index (χ2v) is 6.38. The number of carbonyl (C=O) groups is 2. The standard InChI is InChI=1S/C16H24N4O3/c1-12(21)19-10-14-2-5-18-20(14)15(11-19)8-16(22)17-9-13-3-6-23-7-4-13/h2,5,13,15H,3-4,6-11H2,1H3,(H,17,22)/t15-/m0/s1. The lowest BCUT2D eigenvalue weighted by atomic mass is 10.0. The summed E-state index contributed by atoms with van der Waals surface area (Å²) in [6.07, 6.45) is 4.09. The molecule has 0 bridgehead atoms. The highest BCUT2D eigenvalue weighted by Gasteiger charge is 2.28. The number of hydrogen-bond donors (Lipinski definition) is 1. The van der Waals surface area contributed by atoms with Gasteiger partial charge >= 0.3 is 0 Å². The summed E-state index contributed by atoms with van der Waals surface area (Å²) in [7, 11) is 0. The van der Waals surface area contributed by atoms with Gasteiger partial charge in [-0.05, 0) is 24.8 Å². The van der Waals surface area contributed by atoms with E-state index in [4.69, 9.17) is 4.74 Å². The molecule has 1 N–H and O–H groups in total. The molecule has 2 aliphatic rings. The Morgan fingerprint density at radius 2 is 2.17 bits per heavy atom. The summed E-state index contributed by atoms with van der Waals surface area (Å²) in [5.74, 6) is 0.562. The Kier molecular flexibility index (Phi) is 4.95. The van der Waals surface area contributed by atoms with E-state index in [1.54, 1.807) is 18.0 Å². The largest absolute Gasteiger partial charge is 0.381 e. The summed E-state index contributed by atoms with van der Waals surface area (Å²) in [6, 6.07) is 1.81. The van der Waals surface area contributed by atoms with Crippen molar-refractivity contribution in [3.63, 3.8) is 0 Å². The van der Waals surface area contributed by atoms with E-state index in [0.29, 0.717) is 32.0 Å². The SMILES string of the molecule is CC(=O)N1Cc2ccnn2[C@@H](CC(=O)NCC2CCOCC2)C1. The number of nitrogens with one attached hydrogen (secondary N) is 1. The molecule has 1 atom stereocenters. The molecule has 0 saturated carbocycles. The summed E-state index contributed by atoms with van der Waals surface area (Å²) in [4.78, 5) is 25.7. The molecule has 7 nitrogen and oxygen atoms in total. The van der Waals surface area contributed by atoms with Crippen LogP contribution in [0.2, 0.25) is 0 Å². The molecule has 2 aliphatic heterocycles. The van der Waals surface area contributed by atoms with Gasteiger partial charge in [0, 0.05) is 39.4 Å². The maximum absolute atomic E-state index is 12.3. The molecular formula is C16H24N4O3. The first kappa shape index (κ1) is 16.0. The van der Waals surface area contributed by atoms with E-state index in [-0.39, 0.29) is 17.9 Å². The van der Waals surface area contributed by atoms with E-state index in [0.717, 1.165) is 31.7 Å². The molecular weight excluding hydrogens is 296 g/mol. The number of aromatic nitrogens is 2. The average molecular weight is 320 g/mol. The van der Waals surface area contributed by atoms with Crippen molar-refractivity contribution in [2.24, 2.45) is 5.92 Å². The summed E-state index contributed by atoms with van der Waals surface area (Å²) < 4.78 is 7.21. The van der Waals surface area contributed by atoms with Crippen LogP contribution in [0.1, 0.15) is 37.9 Å². The monoisotopic (exact) mass is 320 g/mol. The Bertz CT molecular complexity index is 565. The predicted octanol–water partition coefficient (Wildman–Crippen LogP) is 0.719. The van der Waals surface area contributed by atoms with Crippen molar-refractivity contribution in [2.75, 3.05) is 26.3 Å². The third-order valence-electron chi connectivity index (χ3n) is 4.68. The molecule has 1 fully saturated rings. The lowest BCUT2D eigenvalue weighted by molar-refractivity contribution is -0.132. The first-order valence-electron chi connectivity index (χ1n) is 8.26. The molecule has 1 saturated heterocycles. The smallest absolute Gasteiger partial charge is 0.222 e. The first-order valence-corrected chi connectivity index (χ1v) is 8.26. The number of fused-ring (bicyclic) bond motifs is 1.